The van der Waals surface area contributed by atoms with Crippen LogP contribution in [0.1, 0.15) is 11.1 Å². The number of benzene rings is 2. The van der Waals surface area contributed by atoms with Gasteiger partial charge in [0.05, 0.1) is 11.6 Å². The molecule has 0 aromatic heterocycles. The number of nitrogens with one attached hydrogen (secondary N) is 1. The van der Waals surface area contributed by atoms with Crippen LogP contribution < -0.4 is 5.32 Å². The standard InChI is InChI=1S/C14H10ClFN2/c1-9-2-3-11(15)6-14(9)18-13-5-10(8-17)4-12(16)7-13/h2-7,18H,1H3. The number of hydrogen-bond acceptors (Lipinski definition) is 2. The Kier molecular flexibility index (Phi) is 3.50. The van der Waals surface area contributed by atoms with E-state index in [0.717, 1.165) is 11.3 Å². The lowest BCUT2D eigenvalue weighted by Crippen LogP contribution is -1.94. The predicted octanol–water partition coefficient (Wildman–Crippen LogP) is 4.40. The van der Waals surface area contributed by atoms with Gasteiger partial charge in [-0.2, -0.15) is 5.26 Å². The summed E-state index contributed by atoms with van der Waals surface area (Å²) in [6, 6.07) is 11.4. The Bertz CT molecular complexity index is 632. The molecular formula is C14H10ClFN2. The van der Waals surface area contributed by atoms with Crippen LogP contribution in [0.25, 0.3) is 0 Å². The molecule has 0 saturated heterocycles. The molecule has 0 spiro atoms. The van der Waals surface area contributed by atoms with E-state index in [0.29, 0.717) is 10.7 Å². The van der Waals surface area contributed by atoms with E-state index in [-0.39, 0.29) is 5.56 Å². The molecule has 4 heteroatoms. The first-order valence-electron chi connectivity index (χ1n) is 5.32. The third-order valence-corrected chi connectivity index (χ3v) is 2.74. The summed E-state index contributed by atoms with van der Waals surface area (Å²) in [6.07, 6.45) is 0. The van der Waals surface area contributed by atoms with Gasteiger partial charge in [0.15, 0.2) is 0 Å². The average Bonchev–Trinajstić information content (AvgIpc) is 2.33. The third kappa shape index (κ3) is 2.79. The van der Waals surface area contributed by atoms with Crippen molar-refractivity contribution in [2.45, 2.75) is 6.92 Å². The van der Waals surface area contributed by atoms with Crippen molar-refractivity contribution in [3.63, 3.8) is 0 Å². The molecule has 0 aliphatic carbocycles. The van der Waals surface area contributed by atoms with Crippen molar-refractivity contribution in [1.29, 1.82) is 5.26 Å². The Hall–Kier alpha value is -2.05. The van der Waals surface area contributed by atoms with Gasteiger partial charge in [-0.25, -0.2) is 4.39 Å². The highest BCUT2D eigenvalue weighted by atomic mass is 35.5. The smallest absolute Gasteiger partial charge is 0.126 e. The zero-order valence-electron chi connectivity index (χ0n) is 9.67. The molecule has 90 valence electrons. The van der Waals surface area contributed by atoms with Crippen molar-refractivity contribution in [2.75, 3.05) is 5.32 Å². The van der Waals surface area contributed by atoms with Crippen molar-refractivity contribution in [2.24, 2.45) is 0 Å². The Morgan fingerprint density at radius 1 is 1.22 bits per heavy atom. The first-order valence-corrected chi connectivity index (χ1v) is 5.70. The van der Waals surface area contributed by atoms with Crippen molar-refractivity contribution < 1.29 is 4.39 Å². The van der Waals surface area contributed by atoms with Crippen molar-refractivity contribution in [3.8, 4) is 6.07 Å². The molecule has 0 bridgehead atoms. The maximum absolute atomic E-state index is 13.3. The van der Waals surface area contributed by atoms with Gasteiger partial charge in [0.2, 0.25) is 0 Å². The molecule has 2 rings (SSSR count). The van der Waals surface area contributed by atoms with Crippen LogP contribution in [-0.2, 0) is 0 Å². The van der Waals surface area contributed by atoms with E-state index in [1.54, 1.807) is 18.2 Å². The number of nitrogens with zero attached hydrogens (tertiary/aromatic N) is 1. The summed E-state index contributed by atoms with van der Waals surface area (Å²) in [6.45, 7) is 1.92. The van der Waals surface area contributed by atoms with Gasteiger partial charge in [-0.05, 0) is 42.8 Å². The fraction of sp³-hybridized carbons (Fsp3) is 0.0714. The van der Waals surface area contributed by atoms with E-state index in [9.17, 15) is 4.39 Å². The van der Waals surface area contributed by atoms with Gasteiger partial charge in [-0.3, -0.25) is 0 Å². The summed E-state index contributed by atoms with van der Waals surface area (Å²) in [5, 5.41) is 12.4. The maximum Gasteiger partial charge on any atom is 0.126 e. The predicted molar refractivity (Wildman–Crippen MR) is 70.6 cm³/mol. The summed E-state index contributed by atoms with van der Waals surface area (Å²) >= 11 is 5.91. The van der Waals surface area contributed by atoms with Gasteiger partial charge in [0.25, 0.3) is 0 Å². The zero-order chi connectivity index (χ0) is 13.1. The highest BCUT2D eigenvalue weighted by molar-refractivity contribution is 6.30. The number of nitriles is 1. The Balaban J connectivity index is 2.37. The van der Waals surface area contributed by atoms with Gasteiger partial charge < -0.3 is 5.32 Å². The van der Waals surface area contributed by atoms with Crippen LogP contribution in [0.5, 0.6) is 0 Å². The molecule has 0 aliphatic heterocycles. The van der Waals surface area contributed by atoms with Gasteiger partial charge in [-0.1, -0.05) is 17.7 Å². The Morgan fingerprint density at radius 3 is 2.72 bits per heavy atom. The van der Waals surface area contributed by atoms with Crippen LogP contribution in [0.3, 0.4) is 0 Å². The Labute approximate surface area is 110 Å². The van der Waals surface area contributed by atoms with E-state index in [2.05, 4.69) is 5.32 Å². The monoisotopic (exact) mass is 260 g/mol. The van der Waals surface area contributed by atoms with Crippen molar-refractivity contribution >= 4 is 23.0 Å². The van der Waals surface area contributed by atoms with Crippen LogP contribution in [0.4, 0.5) is 15.8 Å². The highest BCUT2D eigenvalue weighted by Crippen LogP contribution is 2.25. The van der Waals surface area contributed by atoms with E-state index >= 15 is 0 Å². The van der Waals surface area contributed by atoms with E-state index in [1.165, 1.54) is 12.1 Å². The van der Waals surface area contributed by atoms with Gasteiger partial charge >= 0.3 is 0 Å². The first-order chi connectivity index (χ1) is 8.58. The fourth-order valence-corrected chi connectivity index (χ4v) is 1.78. The van der Waals surface area contributed by atoms with Crippen LogP contribution in [-0.4, -0.2) is 0 Å². The second-order valence-electron chi connectivity index (χ2n) is 3.92. The van der Waals surface area contributed by atoms with Crippen molar-refractivity contribution in [3.05, 3.63) is 58.4 Å². The van der Waals surface area contributed by atoms with Gasteiger partial charge in [-0.15, -0.1) is 0 Å². The summed E-state index contributed by atoms with van der Waals surface area (Å²) in [4.78, 5) is 0. The number of aryl methyl sites for hydroxylation is 1. The molecule has 2 aromatic rings. The average molecular weight is 261 g/mol. The second kappa shape index (κ2) is 5.07. The summed E-state index contributed by atoms with van der Waals surface area (Å²) < 4.78 is 13.3. The molecule has 0 unspecified atom stereocenters. The summed E-state index contributed by atoms with van der Waals surface area (Å²) in [5.74, 6) is -0.448. The number of hydrogen-bond donors (Lipinski definition) is 1. The number of anilines is 2. The fourth-order valence-electron chi connectivity index (χ4n) is 1.61. The van der Waals surface area contributed by atoms with E-state index in [1.807, 2.05) is 19.1 Å². The molecule has 18 heavy (non-hydrogen) atoms. The molecule has 0 heterocycles. The van der Waals surface area contributed by atoms with Gasteiger partial charge in [0, 0.05) is 16.4 Å². The topological polar surface area (TPSA) is 35.8 Å². The number of halogens is 2. The minimum atomic E-state index is -0.448. The minimum absolute atomic E-state index is 0.275. The first kappa shape index (κ1) is 12.4. The molecule has 0 radical (unpaired) electrons. The third-order valence-electron chi connectivity index (χ3n) is 2.51. The molecule has 2 aromatic carbocycles. The molecule has 0 amide bonds. The molecule has 0 atom stereocenters. The highest BCUT2D eigenvalue weighted by Gasteiger charge is 2.03. The van der Waals surface area contributed by atoms with Crippen LogP contribution >= 0.6 is 11.6 Å². The lowest BCUT2D eigenvalue weighted by Gasteiger charge is -2.10. The van der Waals surface area contributed by atoms with Crippen molar-refractivity contribution in [1.82, 2.24) is 0 Å². The quantitative estimate of drug-likeness (QED) is 0.869. The zero-order valence-corrected chi connectivity index (χ0v) is 10.4. The number of rotatable bonds is 2. The van der Waals surface area contributed by atoms with Crippen LogP contribution in [0, 0.1) is 24.1 Å². The maximum atomic E-state index is 13.3. The minimum Gasteiger partial charge on any atom is -0.355 e. The molecule has 1 N–H and O–H groups in total. The second-order valence-corrected chi connectivity index (χ2v) is 4.36. The molecule has 0 saturated carbocycles. The molecular weight excluding hydrogens is 251 g/mol. The largest absolute Gasteiger partial charge is 0.355 e. The van der Waals surface area contributed by atoms with Gasteiger partial charge in [0.1, 0.15) is 5.82 Å². The lowest BCUT2D eigenvalue weighted by molar-refractivity contribution is 0.628. The molecule has 2 nitrogen and oxygen atoms in total. The van der Waals surface area contributed by atoms with Crippen LogP contribution in [0.15, 0.2) is 36.4 Å². The summed E-state index contributed by atoms with van der Waals surface area (Å²) in [5.41, 5.74) is 2.58. The molecule has 0 aliphatic rings. The lowest BCUT2D eigenvalue weighted by atomic mass is 10.1. The van der Waals surface area contributed by atoms with E-state index < -0.39 is 5.82 Å². The molecule has 0 fully saturated rings. The van der Waals surface area contributed by atoms with E-state index in [4.69, 9.17) is 16.9 Å². The van der Waals surface area contributed by atoms with Crippen LogP contribution in [0.2, 0.25) is 5.02 Å². The summed E-state index contributed by atoms with van der Waals surface area (Å²) in [7, 11) is 0. The Morgan fingerprint density at radius 2 is 2.00 bits per heavy atom. The normalized spacial score (nSPS) is 9.89. The SMILES string of the molecule is Cc1ccc(Cl)cc1Nc1cc(F)cc(C#N)c1.